The molecule has 0 aromatic heterocycles. The highest BCUT2D eigenvalue weighted by Gasteiger charge is 2.25. The summed E-state index contributed by atoms with van der Waals surface area (Å²) in [5.74, 6) is 1.27. The van der Waals surface area contributed by atoms with Crippen molar-refractivity contribution in [2.45, 2.75) is 39.2 Å². The molecule has 4 heteroatoms. The number of nitrogens with zero attached hydrogens (tertiary/aromatic N) is 2. The zero-order valence-electron chi connectivity index (χ0n) is 15.6. The van der Waals surface area contributed by atoms with E-state index in [4.69, 9.17) is 0 Å². The van der Waals surface area contributed by atoms with Gasteiger partial charge in [0.05, 0.1) is 0 Å². The lowest BCUT2D eigenvalue weighted by Crippen LogP contribution is -2.43. The van der Waals surface area contributed by atoms with E-state index in [1.807, 2.05) is 0 Å². The van der Waals surface area contributed by atoms with Crippen molar-refractivity contribution in [1.82, 2.24) is 15.1 Å². The van der Waals surface area contributed by atoms with Crippen molar-refractivity contribution in [2.75, 3.05) is 39.3 Å². The van der Waals surface area contributed by atoms with E-state index in [1.54, 1.807) is 0 Å². The monoisotopic (exact) mass is 343 g/mol. The number of carbonyl (C=O) groups excluding carboxylic acids is 1. The Morgan fingerprint density at radius 1 is 1.08 bits per heavy atom. The van der Waals surface area contributed by atoms with E-state index >= 15 is 0 Å². The van der Waals surface area contributed by atoms with E-state index in [0.29, 0.717) is 0 Å². The van der Waals surface area contributed by atoms with Crippen LogP contribution in [0.1, 0.15) is 38.2 Å². The second-order valence-electron chi connectivity index (χ2n) is 7.88. The van der Waals surface area contributed by atoms with Crippen LogP contribution in [0.15, 0.2) is 30.3 Å². The largest absolute Gasteiger partial charge is 0.355 e. The van der Waals surface area contributed by atoms with Gasteiger partial charge in [0, 0.05) is 32.1 Å². The van der Waals surface area contributed by atoms with Crippen LogP contribution >= 0.6 is 0 Å². The molecule has 2 aliphatic rings. The number of hydrogen-bond donors (Lipinski definition) is 1. The predicted molar refractivity (Wildman–Crippen MR) is 102 cm³/mol. The molecule has 25 heavy (non-hydrogen) atoms. The molecule has 0 bridgehead atoms. The molecule has 2 aliphatic heterocycles. The quantitative estimate of drug-likeness (QED) is 0.863. The fourth-order valence-electron chi connectivity index (χ4n) is 4.17. The summed E-state index contributed by atoms with van der Waals surface area (Å²) in [4.78, 5) is 17.4. The van der Waals surface area contributed by atoms with Crippen LogP contribution in [0.5, 0.6) is 0 Å². The Bertz CT molecular complexity index is 525. The summed E-state index contributed by atoms with van der Waals surface area (Å²) in [6, 6.07) is 10.6. The smallest absolute Gasteiger partial charge is 0.223 e. The summed E-state index contributed by atoms with van der Waals surface area (Å²) in [5, 5.41) is 3.18. The first-order chi connectivity index (χ1) is 12.2. The number of carbonyl (C=O) groups is 1. The molecule has 0 spiro atoms. The van der Waals surface area contributed by atoms with Gasteiger partial charge in [-0.05, 0) is 56.8 Å². The highest BCUT2D eigenvalue weighted by Crippen LogP contribution is 2.19. The zero-order chi connectivity index (χ0) is 17.5. The Balaban J connectivity index is 1.32. The summed E-state index contributed by atoms with van der Waals surface area (Å²) in [6.45, 7) is 9.56. The average Bonchev–Trinajstić information content (AvgIpc) is 2.63. The molecule has 138 valence electrons. The number of benzene rings is 1. The first-order valence-corrected chi connectivity index (χ1v) is 9.97. The first kappa shape index (κ1) is 18.4. The Kier molecular flexibility index (Phi) is 6.88. The molecule has 0 unspecified atom stereocenters. The van der Waals surface area contributed by atoms with Crippen molar-refractivity contribution in [3.05, 3.63) is 35.9 Å². The van der Waals surface area contributed by atoms with Crippen LogP contribution in [-0.2, 0) is 11.3 Å². The predicted octanol–water partition coefficient (Wildman–Crippen LogP) is 2.75. The normalized spacial score (nSPS) is 23.5. The van der Waals surface area contributed by atoms with Crippen molar-refractivity contribution in [2.24, 2.45) is 11.8 Å². The van der Waals surface area contributed by atoms with Crippen LogP contribution < -0.4 is 5.32 Å². The standard InChI is InChI=1S/C21H33N3O/c1-18-6-5-12-23(16-18)15-11-22-21(25)20-9-13-24(14-10-20)17-19-7-3-2-4-8-19/h2-4,7-8,18,20H,5-6,9-17H2,1H3,(H,22,25)/t18-/m1/s1. The van der Waals surface area contributed by atoms with Crippen LogP contribution in [0.2, 0.25) is 0 Å². The van der Waals surface area contributed by atoms with Gasteiger partial charge in [-0.1, -0.05) is 37.3 Å². The second-order valence-corrected chi connectivity index (χ2v) is 7.88. The lowest BCUT2D eigenvalue weighted by Gasteiger charge is -2.32. The van der Waals surface area contributed by atoms with Crippen LogP contribution in [-0.4, -0.2) is 55.0 Å². The molecule has 4 nitrogen and oxygen atoms in total. The van der Waals surface area contributed by atoms with Crippen LogP contribution in [0, 0.1) is 11.8 Å². The Morgan fingerprint density at radius 2 is 1.84 bits per heavy atom. The molecule has 1 N–H and O–H groups in total. The average molecular weight is 344 g/mol. The highest BCUT2D eigenvalue weighted by atomic mass is 16.1. The summed E-state index contributed by atoms with van der Waals surface area (Å²) in [5.41, 5.74) is 1.36. The molecule has 3 rings (SSSR count). The van der Waals surface area contributed by atoms with Crippen molar-refractivity contribution < 1.29 is 4.79 Å². The van der Waals surface area contributed by atoms with Crippen molar-refractivity contribution in [3.8, 4) is 0 Å². The third-order valence-electron chi connectivity index (χ3n) is 5.68. The highest BCUT2D eigenvalue weighted by molar-refractivity contribution is 5.78. The molecule has 1 aromatic carbocycles. The van der Waals surface area contributed by atoms with E-state index in [0.717, 1.165) is 51.5 Å². The van der Waals surface area contributed by atoms with E-state index in [-0.39, 0.29) is 11.8 Å². The SMILES string of the molecule is C[C@@H]1CCCN(CCNC(=O)C2CCN(Cc3ccccc3)CC2)C1. The number of nitrogens with one attached hydrogen (secondary N) is 1. The Labute approximate surface area is 152 Å². The van der Waals surface area contributed by atoms with Gasteiger partial charge in [-0.2, -0.15) is 0 Å². The van der Waals surface area contributed by atoms with Gasteiger partial charge in [0.2, 0.25) is 5.91 Å². The maximum atomic E-state index is 12.4. The lowest BCUT2D eigenvalue weighted by atomic mass is 9.95. The zero-order valence-corrected chi connectivity index (χ0v) is 15.6. The fraction of sp³-hybridized carbons (Fsp3) is 0.667. The maximum absolute atomic E-state index is 12.4. The van der Waals surface area contributed by atoms with E-state index < -0.39 is 0 Å². The summed E-state index contributed by atoms with van der Waals surface area (Å²) >= 11 is 0. The van der Waals surface area contributed by atoms with Crippen molar-refractivity contribution in [1.29, 1.82) is 0 Å². The molecule has 1 aromatic rings. The van der Waals surface area contributed by atoms with Gasteiger partial charge in [-0.25, -0.2) is 0 Å². The third kappa shape index (κ3) is 5.82. The van der Waals surface area contributed by atoms with Gasteiger partial charge in [0.1, 0.15) is 0 Å². The second kappa shape index (κ2) is 9.35. The van der Waals surface area contributed by atoms with Crippen LogP contribution in [0.4, 0.5) is 0 Å². The summed E-state index contributed by atoms with van der Waals surface area (Å²) < 4.78 is 0. The minimum absolute atomic E-state index is 0.201. The Hall–Kier alpha value is -1.39. The Morgan fingerprint density at radius 3 is 2.56 bits per heavy atom. The molecule has 0 saturated carbocycles. The maximum Gasteiger partial charge on any atom is 0.223 e. The van der Waals surface area contributed by atoms with Crippen molar-refractivity contribution in [3.63, 3.8) is 0 Å². The number of piperidine rings is 2. The molecule has 0 radical (unpaired) electrons. The molecule has 2 saturated heterocycles. The topological polar surface area (TPSA) is 35.6 Å². The van der Waals surface area contributed by atoms with Crippen LogP contribution in [0.3, 0.4) is 0 Å². The number of likely N-dealkylation sites (tertiary alicyclic amines) is 2. The van der Waals surface area contributed by atoms with Gasteiger partial charge in [0.25, 0.3) is 0 Å². The number of rotatable bonds is 6. The lowest BCUT2D eigenvalue weighted by molar-refractivity contribution is -0.126. The molecule has 1 atom stereocenters. The number of amides is 1. The first-order valence-electron chi connectivity index (χ1n) is 9.97. The molecule has 1 amide bonds. The summed E-state index contributed by atoms with van der Waals surface area (Å²) in [7, 11) is 0. The van der Waals surface area contributed by atoms with Crippen molar-refractivity contribution >= 4 is 5.91 Å². The van der Waals surface area contributed by atoms with E-state index in [1.165, 1.54) is 31.5 Å². The van der Waals surface area contributed by atoms with Gasteiger partial charge in [0.15, 0.2) is 0 Å². The van der Waals surface area contributed by atoms with E-state index in [9.17, 15) is 4.79 Å². The van der Waals surface area contributed by atoms with Crippen LogP contribution in [0.25, 0.3) is 0 Å². The van der Waals surface area contributed by atoms with Gasteiger partial charge in [-0.15, -0.1) is 0 Å². The molecule has 2 fully saturated rings. The van der Waals surface area contributed by atoms with E-state index in [2.05, 4.69) is 52.4 Å². The fourth-order valence-corrected chi connectivity index (χ4v) is 4.17. The molecular formula is C21H33N3O. The third-order valence-corrected chi connectivity index (χ3v) is 5.68. The molecular weight excluding hydrogens is 310 g/mol. The van der Waals surface area contributed by atoms with Gasteiger partial charge in [-0.3, -0.25) is 9.69 Å². The molecule has 0 aliphatic carbocycles. The summed E-state index contributed by atoms with van der Waals surface area (Å²) in [6.07, 6.45) is 4.62. The number of hydrogen-bond acceptors (Lipinski definition) is 3. The minimum atomic E-state index is 0.201. The van der Waals surface area contributed by atoms with Gasteiger partial charge < -0.3 is 10.2 Å². The minimum Gasteiger partial charge on any atom is -0.355 e. The molecule has 2 heterocycles. The van der Waals surface area contributed by atoms with Gasteiger partial charge >= 0.3 is 0 Å².